The van der Waals surface area contributed by atoms with Crippen LogP contribution in [0.5, 0.6) is 5.75 Å². The second-order valence-electron chi connectivity index (χ2n) is 6.33. The van der Waals surface area contributed by atoms with Crippen LogP contribution in [0, 0.1) is 0 Å². The Morgan fingerprint density at radius 1 is 1.32 bits per heavy atom. The predicted molar refractivity (Wildman–Crippen MR) is 95.1 cm³/mol. The van der Waals surface area contributed by atoms with Gasteiger partial charge in [0.2, 0.25) is 5.91 Å². The second-order valence-corrected chi connectivity index (χ2v) is 6.33. The molecule has 0 bridgehead atoms. The van der Waals surface area contributed by atoms with Crippen LogP contribution in [0.4, 0.5) is 5.69 Å². The van der Waals surface area contributed by atoms with Crippen LogP contribution in [0.15, 0.2) is 18.2 Å². The number of ether oxygens (including phenoxy) is 1. The van der Waals surface area contributed by atoms with Crippen molar-refractivity contribution in [2.45, 2.75) is 19.8 Å². The molecule has 0 radical (unpaired) electrons. The number of nitrogens with one attached hydrogen (secondary N) is 1. The molecule has 1 aliphatic rings. The maximum atomic E-state index is 12.2. The third kappa shape index (κ3) is 5.29. The Balaban J connectivity index is 1.94. The molecular formula is C18H25N3O4. The molecule has 25 heavy (non-hydrogen) atoms. The van der Waals surface area contributed by atoms with Crippen molar-refractivity contribution in [2.75, 3.05) is 45.2 Å². The van der Waals surface area contributed by atoms with Gasteiger partial charge in [0.1, 0.15) is 5.75 Å². The molecule has 2 rings (SSSR count). The summed E-state index contributed by atoms with van der Waals surface area (Å²) in [6, 6.07) is 5.07. The molecule has 0 atom stereocenters. The number of likely N-dealkylation sites (N-methyl/N-ethyl adjacent to an activating group) is 1. The first kappa shape index (κ1) is 18.9. The highest BCUT2D eigenvalue weighted by Gasteiger charge is 2.26. The number of amides is 2. The predicted octanol–water partition coefficient (Wildman–Crippen LogP) is 1.07. The lowest BCUT2D eigenvalue weighted by Crippen LogP contribution is -2.40. The van der Waals surface area contributed by atoms with E-state index in [2.05, 4.69) is 5.32 Å². The molecule has 1 N–H and O–H groups in total. The molecule has 0 fully saturated rings. The minimum atomic E-state index is -0.166. The molecule has 0 saturated carbocycles. The molecule has 7 heteroatoms. The molecule has 136 valence electrons. The van der Waals surface area contributed by atoms with Gasteiger partial charge < -0.3 is 19.9 Å². The van der Waals surface area contributed by atoms with Crippen LogP contribution in [0.1, 0.15) is 30.1 Å². The first-order chi connectivity index (χ1) is 11.9. The Hall–Kier alpha value is -2.41. The Labute approximate surface area is 147 Å². The maximum absolute atomic E-state index is 12.2. The number of hydrogen-bond donors (Lipinski definition) is 1. The Bertz CT molecular complexity index is 658. The SMILES string of the molecule is CC(=O)c1ccc2c(c1)N(CCCC(=O)NCCN(C)C)C(=O)CO2. The highest BCUT2D eigenvalue weighted by molar-refractivity contribution is 6.01. The Morgan fingerprint density at radius 3 is 2.76 bits per heavy atom. The molecule has 0 saturated heterocycles. The number of carbonyl (C=O) groups is 3. The fourth-order valence-electron chi connectivity index (χ4n) is 2.57. The van der Waals surface area contributed by atoms with Gasteiger partial charge in [-0.2, -0.15) is 0 Å². The standard InChI is InChI=1S/C18H25N3O4/c1-13(22)14-6-7-16-15(11-14)21(18(24)12-25-16)9-4-5-17(23)19-8-10-20(2)3/h6-7,11H,4-5,8-10,12H2,1-3H3,(H,19,23). The molecule has 0 aliphatic carbocycles. The van der Waals surface area contributed by atoms with Crippen molar-refractivity contribution in [3.63, 3.8) is 0 Å². The van der Waals surface area contributed by atoms with Crippen molar-refractivity contribution < 1.29 is 19.1 Å². The number of carbonyl (C=O) groups excluding carboxylic acids is 3. The van der Waals surface area contributed by atoms with E-state index in [0.29, 0.717) is 42.9 Å². The molecular weight excluding hydrogens is 322 g/mol. The smallest absolute Gasteiger partial charge is 0.265 e. The van der Waals surface area contributed by atoms with Gasteiger partial charge in [0, 0.05) is 31.6 Å². The zero-order valence-electron chi connectivity index (χ0n) is 15.0. The third-order valence-electron chi connectivity index (χ3n) is 3.98. The van der Waals surface area contributed by atoms with E-state index in [9.17, 15) is 14.4 Å². The summed E-state index contributed by atoms with van der Waals surface area (Å²) in [6.45, 7) is 3.26. The van der Waals surface area contributed by atoms with Crippen LogP contribution in [-0.2, 0) is 9.59 Å². The highest BCUT2D eigenvalue weighted by Crippen LogP contribution is 2.33. The third-order valence-corrected chi connectivity index (χ3v) is 3.98. The summed E-state index contributed by atoms with van der Waals surface area (Å²) in [5.41, 5.74) is 1.13. The van der Waals surface area contributed by atoms with E-state index in [0.717, 1.165) is 6.54 Å². The van der Waals surface area contributed by atoms with Gasteiger partial charge in [-0.25, -0.2) is 0 Å². The van der Waals surface area contributed by atoms with Crippen molar-refractivity contribution in [3.05, 3.63) is 23.8 Å². The van der Waals surface area contributed by atoms with Crippen molar-refractivity contribution in [2.24, 2.45) is 0 Å². The van der Waals surface area contributed by atoms with Crippen LogP contribution in [0.2, 0.25) is 0 Å². The van der Waals surface area contributed by atoms with Gasteiger partial charge in [-0.3, -0.25) is 14.4 Å². The van der Waals surface area contributed by atoms with Crippen LogP contribution < -0.4 is 15.0 Å². The van der Waals surface area contributed by atoms with Crippen molar-refractivity contribution >= 4 is 23.3 Å². The van der Waals surface area contributed by atoms with Crippen LogP contribution >= 0.6 is 0 Å². The number of rotatable bonds is 8. The zero-order valence-corrected chi connectivity index (χ0v) is 15.0. The van der Waals surface area contributed by atoms with Crippen molar-refractivity contribution in [1.82, 2.24) is 10.2 Å². The first-order valence-corrected chi connectivity index (χ1v) is 8.38. The van der Waals surface area contributed by atoms with E-state index >= 15 is 0 Å². The maximum Gasteiger partial charge on any atom is 0.265 e. The average Bonchev–Trinajstić information content (AvgIpc) is 2.56. The van der Waals surface area contributed by atoms with E-state index in [1.54, 1.807) is 23.1 Å². The number of nitrogens with zero attached hydrogens (tertiary/aromatic N) is 2. The molecule has 0 aromatic heterocycles. The molecule has 2 amide bonds. The van der Waals surface area contributed by atoms with Gasteiger partial charge in [0.15, 0.2) is 12.4 Å². The van der Waals surface area contributed by atoms with Crippen molar-refractivity contribution in [1.29, 1.82) is 0 Å². The van der Waals surface area contributed by atoms with E-state index in [1.807, 2.05) is 19.0 Å². The largest absolute Gasteiger partial charge is 0.482 e. The Kier molecular flexibility index (Phi) is 6.52. The highest BCUT2D eigenvalue weighted by atomic mass is 16.5. The average molecular weight is 347 g/mol. The van der Waals surface area contributed by atoms with Gasteiger partial charge >= 0.3 is 0 Å². The molecule has 7 nitrogen and oxygen atoms in total. The summed E-state index contributed by atoms with van der Waals surface area (Å²) >= 11 is 0. The first-order valence-electron chi connectivity index (χ1n) is 8.38. The summed E-state index contributed by atoms with van der Waals surface area (Å²) in [6.07, 6.45) is 0.892. The summed E-state index contributed by atoms with van der Waals surface area (Å²) in [7, 11) is 3.89. The number of ketones is 1. The summed E-state index contributed by atoms with van der Waals surface area (Å²) in [4.78, 5) is 39.2. The van der Waals surface area contributed by atoms with Crippen LogP contribution in [0.3, 0.4) is 0 Å². The van der Waals surface area contributed by atoms with Crippen molar-refractivity contribution in [3.8, 4) is 5.75 Å². The molecule has 1 aromatic rings. The Morgan fingerprint density at radius 2 is 2.08 bits per heavy atom. The summed E-state index contributed by atoms with van der Waals surface area (Å²) in [5, 5.41) is 2.85. The van der Waals surface area contributed by atoms with Gasteiger partial charge in [-0.1, -0.05) is 0 Å². The number of Topliss-reactive ketones (excluding diaryl/α,β-unsaturated/α-hetero) is 1. The molecule has 0 unspecified atom stereocenters. The minimum Gasteiger partial charge on any atom is -0.482 e. The lowest BCUT2D eigenvalue weighted by molar-refractivity contribution is -0.122. The molecule has 1 heterocycles. The van der Waals surface area contributed by atoms with E-state index in [4.69, 9.17) is 4.74 Å². The van der Waals surface area contributed by atoms with Gasteiger partial charge in [-0.05, 0) is 45.6 Å². The number of hydrogen-bond acceptors (Lipinski definition) is 5. The van der Waals surface area contributed by atoms with Gasteiger partial charge in [0.25, 0.3) is 5.91 Å². The van der Waals surface area contributed by atoms with E-state index < -0.39 is 0 Å². The molecule has 1 aliphatic heterocycles. The van der Waals surface area contributed by atoms with Gasteiger partial charge in [0.05, 0.1) is 5.69 Å². The lowest BCUT2D eigenvalue weighted by atomic mass is 10.1. The van der Waals surface area contributed by atoms with E-state index in [-0.39, 0.29) is 24.2 Å². The van der Waals surface area contributed by atoms with E-state index in [1.165, 1.54) is 6.92 Å². The van der Waals surface area contributed by atoms with Gasteiger partial charge in [-0.15, -0.1) is 0 Å². The summed E-state index contributed by atoms with van der Waals surface area (Å²) in [5.74, 6) is 0.322. The fourth-order valence-corrected chi connectivity index (χ4v) is 2.57. The lowest BCUT2D eigenvalue weighted by Gasteiger charge is -2.29. The quantitative estimate of drug-likeness (QED) is 0.712. The second kappa shape index (κ2) is 8.62. The minimum absolute atomic E-state index is 0.0263. The monoisotopic (exact) mass is 347 g/mol. The molecule has 1 aromatic carbocycles. The fraction of sp³-hybridized carbons (Fsp3) is 0.500. The molecule has 0 spiro atoms. The normalized spacial score (nSPS) is 13.4. The summed E-state index contributed by atoms with van der Waals surface area (Å²) < 4.78 is 5.42. The number of anilines is 1. The topological polar surface area (TPSA) is 79.0 Å². The zero-order chi connectivity index (χ0) is 18.4. The number of fused-ring (bicyclic) bond motifs is 1. The van der Waals surface area contributed by atoms with Crippen LogP contribution in [-0.4, -0.2) is 62.8 Å². The number of benzene rings is 1. The van der Waals surface area contributed by atoms with Crippen LogP contribution in [0.25, 0.3) is 0 Å².